The third-order valence-electron chi connectivity index (χ3n) is 7.60. The average molecular weight is 683 g/mol. The third-order valence-corrected chi connectivity index (χ3v) is 9.97. The number of rotatable bonds is 14. The molecule has 4 rings (SSSR count). The zero-order valence-electron chi connectivity index (χ0n) is 25.9. The Bertz CT molecular complexity index is 1720. The second-order valence-electron chi connectivity index (χ2n) is 10.8. The standard InChI is InChI=1S/C35H37Cl2N3O5S/c1-4-25(2)38-35(42)33(21-26-11-7-5-8-12-26)39(23-27-15-16-28(36)22-32(27)37)34(41)24-40(29-13-9-6-10-14-29)46(43,44)31-19-17-30(45-3)18-20-31/h5-20,22,25,33H,4,21,23-24H2,1-3H3,(H,38,42)/t25-,33-/m0/s1. The van der Waals surface area contributed by atoms with E-state index in [1.165, 1.54) is 24.1 Å². The van der Waals surface area contributed by atoms with Gasteiger partial charge in [-0.05, 0) is 73.0 Å². The fraction of sp³-hybridized carbons (Fsp3) is 0.257. The van der Waals surface area contributed by atoms with Gasteiger partial charge in [-0.3, -0.25) is 13.9 Å². The van der Waals surface area contributed by atoms with E-state index in [9.17, 15) is 18.0 Å². The molecule has 0 aliphatic rings. The second kappa shape index (κ2) is 16.0. The molecule has 0 heterocycles. The Morgan fingerprint density at radius 2 is 1.52 bits per heavy atom. The molecular formula is C35H37Cl2N3O5S. The molecule has 46 heavy (non-hydrogen) atoms. The van der Waals surface area contributed by atoms with Crippen molar-refractivity contribution in [2.45, 2.75) is 50.2 Å². The van der Waals surface area contributed by atoms with Crippen LogP contribution < -0.4 is 14.4 Å². The van der Waals surface area contributed by atoms with Crippen LogP contribution in [0.25, 0.3) is 0 Å². The van der Waals surface area contributed by atoms with Gasteiger partial charge in [-0.1, -0.05) is 84.7 Å². The minimum Gasteiger partial charge on any atom is -0.497 e. The fourth-order valence-electron chi connectivity index (χ4n) is 4.83. The van der Waals surface area contributed by atoms with Gasteiger partial charge in [0.1, 0.15) is 18.3 Å². The monoisotopic (exact) mass is 681 g/mol. The van der Waals surface area contributed by atoms with Crippen molar-refractivity contribution in [1.82, 2.24) is 10.2 Å². The molecule has 0 aromatic heterocycles. The minimum absolute atomic E-state index is 0.0207. The smallest absolute Gasteiger partial charge is 0.264 e. The summed E-state index contributed by atoms with van der Waals surface area (Å²) < 4.78 is 34.5. The topological polar surface area (TPSA) is 96.0 Å². The molecule has 0 aliphatic heterocycles. The first-order chi connectivity index (χ1) is 22.0. The molecule has 0 radical (unpaired) electrons. The predicted molar refractivity (Wildman–Crippen MR) is 183 cm³/mol. The summed E-state index contributed by atoms with van der Waals surface area (Å²) in [6, 6.07) is 27.4. The molecule has 2 atom stereocenters. The lowest BCUT2D eigenvalue weighted by Crippen LogP contribution is -2.54. The van der Waals surface area contributed by atoms with E-state index >= 15 is 0 Å². The van der Waals surface area contributed by atoms with E-state index < -0.39 is 28.5 Å². The first kappa shape index (κ1) is 34.8. The summed E-state index contributed by atoms with van der Waals surface area (Å²) in [6.45, 7) is 3.20. The lowest BCUT2D eigenvalue weighted by atomic mass is 10.0. The number of hydrogen-bond acceptors (Lipinski definition) is 5. The Labute approximate surface area is 280 Å². The van der Waals surface area contributed by atoms with Crippen LogP contribution in [0.3, 0.4) is 0 Å². The highest BCUT2D eigenvalue weighted by atomic mass is 35.5. The van der Waals surface area contributed by atoms with Gasteiger partial charge in [-0.25, -0.2) is 8.42 Å². The molecule has 4 aromatic carbocycles. The number of hydrogen-bond donors (Lipinski definition) is 1. The summed E-state index contributed by atoms with van der Waals surface area (Å²) in [6.07, 6.45) is 0.874. The molecule has 4 aromatic rings. The van der Waals surface area contributed by atoms with Crippen molar-refractivity contribution in [3.8, 4) is 5.75 Å². The summed E-state index contributed by atoms with van der Waals surface area (Å²) in [5.74, 6) is -0.462. The van der Waals surface area contributed by atoms with Crippen molar-refractivity contribution in [3.63, 3.8) is 0 Å². The van der Waals surface area contributed by atoms with Crippen molar-refractivity contribution >= 4 is 50.7 Å². The van der Waals surface area contributed by atoms with Crippen LogP contribution in [0.1, 0.15) is 31.4 Å². The summed E-state index contributed by atoms with van der Waals surface area (Å²) in [7, 11) is -2.75. The lowest BCUT2D eigenvalue weighted by Gasteiger charge is -2.34. The Kier molecular flexibility index (Phi) is 12.1. The van der Waals surface area contributed by atoms with E-state index in [4.69, 9.17) is 27.9 Å². The van der Waals surface area contributed by atoms with E-state index in [1.54, 1.807) is 60.7 Å². The van der Waals surface area contributed by atoms with Crippen molar-refractivity contribution in [3.05, 3.63) is 124 Å². The number of benzene rings is 4. The first-order valence-corrected chi connectivity index (χ1v) is 17.0. The highest BCUT2D eigenvalue weighted by molar-refractivity contribution is 7.92. The Hall–Kier alpha value is -4.05. The summed E-state index contributed by atoms with van der Waals surface area (Å²) in [4.78, 5) is 29.8. The molecule has 0 saturated carbocycles. The molecule has 11 heteroatoms. The minimum atomic E-state index is -4.24. The van der Waals surface area contributed by atoms with E-state index in [0.717, 1.165) is 9.87 Å². The maximum Gasteiger partial charge on any atom is 0.264 e. The van der Waals surface area contributed by atoms with Crippen LogP contribution in [-0.2, 0) is 32.6 Å². The van der Waals surface area contributed by atoms with Gasteiger partial charge < -0.3 is 15.0 Å². The number of carbonyl (C=O) groups excluding carboxylic acids is 2. The molecule has 8 nitrogen and oxygen atoms in total. The number of nitrogens with one attached hydrogen (secondary N) is 1. The molecule has 0 unspecified atom stereocenters. The second-order valence-corrected chi connectivity index (χ2v) is 13.5. The van der Waals surface area contributed by atoms with Gasteiger partial charge in [0.15, 0.2) is 0 Å². The van der Waals surface area contributed by atoms with Crippen molar-refractivity contribution in [2.75, 3.05) is 18.0 Å². The molecule has 242 valence electrons. The van der Waals surface area contributed by atoms with Crippen molar-refractivity contribution in [1.29, 1.82) is 0 Å². The van der Waals surface area contributed by atoms with Gasteiger partial charge in [0.05, 0.1) is 17.7 Å². The summed E-state index contributed by atoms with van der Waals surface area (Å²) in [5, 5.41) is 3.75. The van der Waals surface area contributed by atoms with E-state index in [-0.39, 0.29) is 29.8 Å². The normalized spacial score (nSPS) is 12.5. The van der Waals surface area contributed by atoms with Gasteiger partial charge in [-0.2, -0.15) is 0 Å². The van der Waals surface area contributed by atoms with E-state index in [1.807, 2.05) is 44.2 Å². The van der Waals surface area contributed by atoms with E-state index in [0.29, 0.717) is 33.5 Å². The quantitative estimate of drug-likeness (QED) is 0.159. The number of anilines is 1. The highest BCUT2D eigenvalue weighted by Crippen LogP contribution is 2.28. The lowest BCUT2D eigenvalue weighted by molar-refractivity contribution is -0.140. The van der Waals surface area contributed by atoms with Gasteiger partial charge >= 0.3 is 0 Å². The van der Waals surface area contributed by atoms with Gasteiger partial charge in [0, 0.05) is 29.1 Å². The Morgan fingerprint density at radius 1 is 0.891 bits per heavy atom. The summed E-state index contributed by atoms with van der Waals surface area (Å²) in [5.41, 5.74) is 1.68. The largest absolute Gasteiger partial charge is 0.497 e. The van der Waals surface area contributed by atoms with Crippen LogP contribution in [0.5, 0.6) is 5.75 Å². The number of methoxy groups -OCH3 is 1. The van der Waals surface area contributed by atoms with Crippen LogP contribution in [0.4, 0.5) is 5.69 Å². The molecule has 0 saturated heterocycles. The zero-order chi connectivity index (χ0) is 33.3. The van der Waals surface area contributed by atoms with Gasteiger partial charge in [0.25, 0.3) is 10.0 Å². The van der Waals surface area contributed by atoms with E-state index in [2.05, 4.69) is 5.32 Å². The first-order valence-electron chi connectivity index (χ1n) is 14.8. The number of amides is 2. The number of carbonyl (C=O) groups is 2. The van der Waals surface area contributed by atoms with Crippen LogP contribution in [-0.4, -0.2) is 50.9 Å². The highest BCUT2D eigenvalue weighted by Gasteiger charge is 2.35. The van der Waals surface area contributed by atoms with Crippen LogP contribution in [0.2, 0.25) is 10.0 Å². The third kappa shape index (κ3) is 8.81. The molecule has 0 bridgehead atoms. The number of sulfonamides is 1. The molecule has 0 aliphatic carbocycles. The van der Waals surface area contributed by atoms with Gasteiger partial charge in [0.2, 0.25) is 11.8 Å². The summed E-state index contributed by atoms with van der Waals surface area (Å²) >= 11 is 12.7. The Balaban J connectivity index is 1.81. The van der Waals surface area contributed by atoms with Crippen molar-refractivity contribution < 1.29 is 22.7 Å². The van der Waals surface area contributed by atoms with Gasteiger partial charge in [-0.15, -0.1) is 0 Å². The fourth-order valence-corrected chi connectivity index (χ4v) is 6.71. The number of ether oxygens (including phenoxy) is 1. The Morgan fingerprint density at radius 3 is 2.11 bits per heavy atom. The average Bonchev–Trinajstić information content (AvgIpc) is 3.06. The SMILES string of the molecule is CC[C@H](C)NC(=O)[C@H](Cc1ccccc1)N(Cc1ccc(Cl)cc1Cl)C(=O)CN(c1ccccc1)S(=O)(=O)c1ccc(OC)cc1. The maximum atomic E-state index is 14.5. The molecule has 1 N–H and O–H groups in total. The van der Waals surface area contributed by atoms with Crippen LogP contribution in [0, 0.1) is 0 Å². The molecule has 0 fully saturated rings. The molecule has 0 spiro atoms. The molecule has 2 amide bonds. The molecular weight excluding hydrogens is 645 g/mol. The zero-order valence-corrected chi connectivity index (χ0v) is 28.2. The van der Waals surface area contributed by atoms with Crippen molar-refractivity contribution in [2.24, 2.45) is 0 Å². The van der Waals surface area contributed by atoms with Crippen LogP contribution in [0.15, 0.2) is 108 Å². The number of halogens is 2. The number of para-hydroxylation sites is 1. The number of nitrogens with zero attached hydrogens (tertiary/aromatic N) is 2. The maximum absolute atomic E-state index is 14.5. The van der Waals surface area contributed by atoms with Crippen LogP contribution >= 0.6 is 23.2 Å². The predicted octanol–water partition coefficient (Wildman–Crippen LogP) is 6.75.